The second-order valence-corrected chi connectivity index (χ2v) is 8.75. The van der Waals surface area contributed by atoms with E-state index < -0.39 is 0 Å². The van der Waals surface area contributed by atoms with Gasteiger partial charge in [0.2, 0.25) is 5.91 Å². The van der Waals surface area contributed by atoms with Gasteiger partial charge in [-0.25, -0.2) is 15.0 Å². The number of para-hydroxylation sites is 1. The van der Waals surface area contributed by atoms with Gasteiger partial charge in [-0.05, 0) is 52.9 Å². The maximum Gasteiger partial charge on any atom is 0.252 e. The Labute approximate surface area is 185 Å². The largest absolute Gasteiger partial charge is 0.309 e. The van der Waals surface area contributed by atoms with Crippen LogP contribution in [0.3, 0.4) is 0 Å². The van der Waals surface area contributed by atoms with Crippen LogP contribution in [0.2, 0.25) is 0 Å². The lowest BCUT2D eigenvalue weighted by atomic mass is 10.3. The summed E-state index contributed by atoms with van der Waals surface area (Å²) in [5, 5.41) is 8.40. The van der Waals surface area contributed by atoms with Gasteiger partial charge in [-0.1, -0.05) is 12.1 Å². The smallest absolute Gasteiger partial charge is 0.252 e. The molecule has 0 aliphatic heterocycles. The van der Waals surface area contributed by atoms with Crippen LogP contribution in [0.5, 0.6) is 0 Å². The first-order chi connectivity index (χ1) is 14.8. The number of anilines is 1. The predicted octanol–water partition coefficient (Wildman–Crippen LogP) is 3.83. The van der Waals surface area contributed by atoms with Crippen molar-refractivity contribution in [1.82, 2.24) is 29.6 Å². The number of nitrogens with zero attached hydrogens (tertiary/aromatic N) is 6. The number of hydrogen-bond donors (Lipinski definition) is 1. The van der Waals surface area contributed by atoms with Crippen molar-refractivity contribution in [3.63, 3.8) is 0 Å². The normalized spacial score (nSPS) is 12.5. The number of benzene rings is 1. The molecule has 31 heavy (non-hydrogen) atoms. The minimum absolute atomic E-state index is 0.0116. The molecule has 1 aromatic carbocycles. The number of carbonyl (C=O) groups excluding carboxylic acids is 1. The van der Waals surface area contributed by atoms with E-state index in [0.717, 1.165) is 32.3 Å². The summed E-state index contributed by atoms with van der Waals surface area (Å²) in [6, 6.07) is 11.8. The molecule has 1 amide bonds. The highest BCUT2D eigenvalue weighted by molar-refractivity contribution is 7.18. The fourth-order valence-electron chi connectivity index (χ4n) is 3.35. The Morgan fingerprint density at radius 1 is 1.10 bits per heavy atom. The van der Waals surface area contributed by atoms with Crippen LogP contribution >= 0.6 is 11.3 Å². The zero-order chi connectivity index (χ0) is 22.1. The van der Waals surface area contributed by atoms with Crippen LogP contribution < -0.4 is 5.32 Å². The lowest BCUT2D eigenvalue weighted by Crippen LogP contribution is -2.32. The molecular formula is C22H25N7OS. The number of aryl methyl sites for hydroxylation is 3. The van der Waals surface area contributed by atoms with Gasteiger partial charge in [-0.2, -0.15) is 9.78 Å². The zero-order valence-corrected chi connectivity index (χ0v) is 19.1. The van der Waals surface area contributed by atoms with E-state index in [1.807, 2.05) is 63.1 Å². The number of rotatable bonds is 6. The van der Waals surface area contributed by atoms with Crippen molar-refractivity contribution in [3.05, 3.63) is 58.5 Å². The van der Waals surface area contributed by atoms with E-state index in [1.165, 1.54) is 0 Å². The van der Waals surface area contributed by atoms with Crippen molar-refractivity contribution in [1.29, 1.82) is 0 Å². The molecule has 9 heteroatoms. The molecule has 1 N–H and O–H groups in total. The lowest BCUT2D eigenvalue weighted by molar-refractivity contribution is -0.117. The average Bonchev–Trinajstić information content (AvgIpc) is 3.29. The van der Waals surface area contributed by atoms with Gasteiger partial charge in [0, 0.05) is 17.5 Å². The number of carbonyl (C=O) groups is 1. The van der Waals surface area contributed by atoms with E-state index in [-0.39, 0.29) is 18.5 Å². The number of likely N-dealkylation sites (N-methyl/N-ethyl adjacent to an activating group) is 1. The third kappa shape index (κ3) is 4.62. The van der Waals surface area contributed by atoms with Crippen molar-refractivity contribution < 1.29 is 4.79 Å². The maximum absolute atomic E-state index is 12.8. The molecule has 4 aromatic rings. The number of amides is 1. The highest BCUT2D eigenvalue weighted by atomic mass is 32.1. The molecule has 3 aromatic heterocycles. The van der Waals surface area contributed by atoms with Crippen LogP contribution in [0, 0.1) is 20.8 Å². The van der Waals surface area contributed by atoms with E-state index in [2.05, 4.69) is 33.4 Å². The maximum atomic E-state index is 12.8. The summed E-state index contributed by atoms with van der Waals surface area (Å²) < 4.78 is 2.72. The van der Waals surface area contributed by atoms with Gasteiger partial charge in [0.05, 0.1) is 28.5 Å². The molecular weight excluding hydrogens is 410 g/mol. The quantitative estimate of drug-likeness (QED) is 0.495. The molecule has 3 heterocycles. The topological polar surface area (TPSA) is 88.8 Å². The Hall–Kier alpha value is -3.17. The number of thiazole rings is 1. The summed E-state index contributed by atoms with van der Waals surface area (Å²) in [6.07, 6.45) is 0. The van der Waals surface area contributed by atoms with Gasteiger partial charge in [-0.3, -0.25) is 9.69 Å². The van der Waals surface area contributed by atoms with Gasteiger partial charge in [0.25, 0.3) is 5.95 Å². The molecule has 0 spiro atoms. The fraction of sp³-hybridized carbons (Fsp3) is 0.318. The molecule has 0 bridgehead atoms. The molecule has 1 unspecified atom stereocenters. The SMILES string of the molecule is Cc1cc(C)nc(-n2nc(C)cc2NC(=O)CN(C)C(C)c2nc3ccccc3s2)n1. The number of aromatic nitrogens is 5. The van der Waals surface area contributed by atoms with E-state index in [0.29, 0.717) is 11.8 Å². The molecule has 0 aliphatic rings. The van der Waals surface area contributed by atoms with E-state index >= 15 is 0 Å². The van der Waals surface area contributed by atoms with Crippen molar-refractivity contribution in [2.24, 2.45) is 0 Å². The summed E-state index contributed by atoms with van der Waals surface area (Å²) in [7, 11) is 1.92. The summed E-state index contributed by atoms with van der Waals surface area (Å²) in [5.74, 6) is 0.853. The molecule has 8 nitrogen and oxygen atoms in total. The predicted molar refractivity (Wildman–Crippen MR) is 123 cm³/mol. The minimum Gasteiger partial charge on any atom is -0.309 e. The zero-order valence-electron chi connectivity index (χ0n) is 18.2. The van der Waals surface area contributed by atoms with Gasteiger partial charge in [0.1, 0.15) is 10.8 Å². The third-order valence-electron chi connectivity index (χ3n) is 4.98. The minimum atomic E-state index is -0.138. The number of fused-ring (bicyclic) bond motifs is 1. The first-order valence-corrected chi connectivity index (χ1v) is 10.9. The Balaban J connectivity index is 1.48. The summed E-state index contributed by atoms with van der Waals surface area (Å²) in [5.41, 5.74) is 3.45. The average molecular weight is 436 g/mol. The number of hydrogen-bond acceptors (Lipinski definition) is 7. The summed E-state index contributed by atoms with van der Waals surface area (Å²) >= 11 is 1.66. The monoisotopic (exact) mass is 435 g/mol. The van der Waals surface area contributed by atoms with Crippen molar-refractivity contribution in [2.75, 3.05) is 18.9 Å². The second kappa shape index (κ2) is 8.52. The van der Waals surface area contributed by atoms with Crippen molar-refractivity contribution in [3.8, 4) is 5.95 Å². The highest BCUT2D eigenvalue weighted by Crippen LogP contribution is 2.28. The standard InChI is InChI=1S/C22H25N7OS/c1-13-10-14(2)24-22(23-13)29-19(11-15(3)27-29)26-20(30)12-28(5)16(4)21-25-17-8-6-7-9-18(17)31-21/h6-11,16H,12H2,1-5H3,(H,26,30). The van der Waals surface area contributed by atoms with E-state index in [9.17, 15) is 4.79 Å². The summed E-state index contributed by atoms with van der Waals surface area (Å²) in [6.45, 7) is 7.96. The van der Waals surface area contributed by atoms with E-state index in [1.54, 1.807) is 16.0 Å². The summed E-state index contributed by atoms with van der Waals surface area (Å²) in [4.78, 5) is 28.4. The van der Waals surface area contributed by atoms with Crippen LogP contribution in [0.15, 0.2) is 36.4 Å². The first-order valence-electron chi connectivity index (χ1n) is 10.0. The van der Waals surface area contributed by atoms with Crippen LogP contribution in [0.1, 0.15) is 35.1 Å². The molecule has 0 saturated carbocycles. The Kier molecular flexibility index (Phi) is 5.79. The van der Waals surface area contributed by atoms with Crippen LogP contribution in [0.4, 0.5) is 5.82 Å². The molecule has 4 rings (SSSR count). The van der Waals surface area contributed by atoms with Gasteiger partial charge in [-0.15, -0.1) is 11.3 Å². The van der Waals surface area contributed by atoms with Crippen molar-refractivity contribution >= 4 is 33.3 Å². The van der Waals surface area contributed by atoms with Crippen molar-refractivity contribution in [2.45, 2.75) is 33.7 Å². The lowest BCUT2D eigenvalue weighted by Gasteiger charge is -2.22. The Morgan fingerprint density at radius 3 is 2.52 bits per heavy atom. The van der Waals surface area contributed by atoms with E-state index in [4.69, 9.17) is 4.98 Å². The molecule has 0 saturated heterocycles. The van der Waals surface area contributed by atoms with Crippen LogP contribution in [-0.4, -0.2) is 49.1 Å². The Bertz CT molecular complexity index is 1190. The number of nitrogens with one attached hydrogen (secondary N) is 1. The molecule has 1 atom stereocenters. The highest BCUT2D eigenvalue weighted by Gasteiger charge is 2.20. The van der Waals surface area contributed by atoms with Gasteiger partial charge in [0.15, 0.2) is 0 Å². The van der Waals surface area contributed by atoms with Crippen LogP contribution in [-0.2, 0) is 4.79 Å². The molecule has 0 radical (unpaired) electrons. The molecule has 160 valence electrons. The second-order valence-electron chi connectivity index (χ2n) is 7.69. The van der Waals surface area contributed by atoms with Gasteiger partial charge >= 0.3 is 0 Å². The first kappa shape index (κ1) is 21.1. The van der Waals surface area contributed by atoms with Crippen LogP contribution in [0.25, 0.3) is 16.2 Å². The molecule has 0 aliphatic carbocycles. The Morgan fingerprint density at radius 2 is 1.81 bits per heavy atom. The fourth-order valence-corrected chi connectivity index (χ4v) is 4.43. The molecule has 0 fully saturated rings. The van der Waals surface area contributed by atoms with Gasteiger partial charge < -0.3 is 5.32 Å². The third-order valence-corrected chi connectivity index (χ3v) is 6.19.